The summed E-state index contributed by atoms with van der Waals surface area (Å²) in [6, 6.07) is 3.39. The van der Waals surface area contributed by atoms with E-state index in [0.717, 1.165) is 18.9 Å². The number of nitro benzene ring substituents is 1. The first-order valence-corrected chi connectivity index (χ1v) is 8.42. The van der Waals surface area contributed by atoms with E-state index < -0.39 is 14.9 Å². The largest absolute Gasteiger partial charge is 0.495 e. The van der Waals surface area contributed by atoms with Gasteiger partial charge in [-0.3, -0.25) is 10.1 Å². The standard InChI is InChI=1S/C13H19N3O5S/c1-21-12-7-6-11(16(17)18)8-13(12)22(19,20)15-10-4-2-9(14)3-5-10/h6-10,15H,2-5,14H2,1H3. The van der Waals surface area contributed by atoms with Crippen LogP contribution in [0.1, 0.15) is 25.7 Å². The van der Waals surface area contributed by atoms with Gasteiger partial charge in [0.05, 0.1) is 12.0 Å². The quantitative estimate of drug-likeness (QED) is 0.617. The smallest absolute Gasteiger partial charge is 0.271 e. The second-order valence-electron chi connectivity index (χ2n) is 5.33. The SMILES string of the molecule is COc1ccc([N+](=O)[O-])cc1S(=O)(=O)NC1CCC(N)CC1. The molecule has 1 saturated carbocycles. The minimum Gasteiger partial charge on any atom is -0.495 e. The fourth-order valence-electron chi connectivity index (χ4n) is 2.51. The molecule has 0 bridgehead atoms. The lowest BCUT2D eigenvalue weighted by molar-refractivity contribution is -0.385. The molecule has 1 aliphatic carbocycles. The fraction of sp³-hybridized carbons (Fsp3) is 0.538. The number of non-ortho nitro benzene ring substituents is 1. The Morgan fingerprint density at radius 2 is 1.95 bits per heavy atom. The normalized spacial score (nSPS) is 22.3. The second kappa shape index (κ2) is 6.59. The van der Waals surface area contributed by atoms with Crippen molar-refractivity contribution in [3.63, 3.8) is 0 Å². The number of benzene rings is 1. The second-order valence-corrected chi connectivity index (χ2v) is 7.01. The molecule has 0 atom stereocenters. The molecule has 1 aliphatic rings. The molecule has 9 heteroatoms. The van der Waals surface area contributed by atoms with Crippen molar-refractivity contribution in [3.05, 3.63) is 28.3 Å². The van der Waals surface area contributed by atoms with E-state index in [1.54, 1.807) is 0 Å². The van der Waals surface area contributed by atoms with Gasteiger partial charge >= 0.3 is 0 Å². The number of rotatable bonds is 5. The highest BCUT2D eigenvalue weighted by molar-refractivity contribution is 7.89. The Labute approximate surface area is 128 Å². The predicted molar refractivity (Wildman–Crippen MR) is 80.2 cm³/mol. The van der Waals surface area contributed by atoms with Crippen molar-refractivity contribution in [3.8, 4) is 5.75 Å². The molecular formula is C13H19N3O5S. The van der Waals surface area contributed by atoms with Crippen LogP contribution < -0.4 is 15.2 Å². The summed E-state index contributed by atoms with van der Waals surface area (Å²) in [5, 5.41) is 10.8. The molecule has 1 aromatic carbocycles. The molecule has 8 nitrogen and oxygen atoms in total. The molecule has 0 saturated heterocycles. The number of ether oxygens (including phenoxy) is 1. The molecule has 1 fully saturated rings. The van der Waals surface area contributed by atoms with E-state index in [9.17, 15) is 18.5 Å². The molecule has 0 amide bonds. The van der Waals surface area contributed by atoms with Crippen LogP contribution in [-0.4, -0.2) is 32.5 Å². The molecule has 0 aliphatic heterocycles. The van der Waals surface area contributed by atoms with Gasteiger partial charge in [0.25, 0.3) is 5.69 Å². The van der Waals surface area contributed by atoms with Gasteiger partial charge in [0, 0.05) is 24.2 Å². The highest BCUT2D eigenvalue weighted by Gasteiger charge is 2.28. The van der Waals surface area contributed by atoms with E-state index in [0.29, 0.717) is 12.8 Å². The molecule has 3 N–H and O–H groups in total. The number of nitrogens with zero attached hydrogens (tertiary/aromatic N) is 1. The van der Waals surface area contributed by atoms with Gasteiger partial charge in [-0.1, -0.05) is 0 Å². The van der Waals surface area contributed by atoms with Crippen LogP contribution in [-0.2, 0) is 10.0 Å². The average Bonchev–Trinajstić information content (AvgIpc) is 2.48. The van der Waals surface area contributed by atoms with Crippen LogP contribution in [0.25, 0.3) is 0 Å². The summed E-state index contributed by atoms with van der Waals surface area (Å²) in [6.45, 7) is 0. The zero-order valence-corrected chi connectivity index (χ0v) is 13.0. The summed E-state index contributed by atoms with van der Waals surface area (Å²) in [5.41, 5.74) is 5.50. The van der Waals surface area contributed by atoms with Gasteiger partial charge < -0.3 is 10.5 Å². The van der Waals surface area contributed by atoms with Gasteiger partial charge in [0.2, 0.25) is 10.0 Å². The van der Waals surface area contributed by atoms with Gasteiger partial charge in [0.1, 0.15) is 10.6 Å². The number of sulfonamides is 1. The van der Waals surface area contributed by atoms with Crippen LogP contribution in [0.3, 0.4) is 0 Å². The van der Waals surface area contributed by atoms with Crippen molar-refractivity contribution in [2.24, 2.45) is 5.73 Å². The van der Waals surface area contributed by atoms with Crippen molar-refractivity contribution >= 4 is 15.7 Å². The number of hydrogen-bond acceptors (Lipinski definition) is 6. The Bertz CT molecular complexity index is 654. The van der Waals surface area contributed by atoms with E-state index in [1.807, 2.05) is 0 Å². The summed E-state index contributed by atoms with van der Waals surface area (Å²) in [7, 11) is -2.58. The topological polar surface area (TPSA) is 125 Å². The van der Waals surface area contributed by atoms with Crippen LogP contribution in [0.2, 0.25) is 0 Å². The van der Waals surface area contributed by atoms with Gasteiger partial charge in [-0.2, -0.15) is 0 Å². The molecule has 1 aromatic rings. The molecule has 22 heavy (non-hydrogen) atoms. The first-order chi connectivity index (χ1) is 10.3. The third-order valence-electron chi connectivity index (χ3n) is 3.74. The van der Waals surface area contributed by atoms with Crippen molar-refractivity contribution in [1.29, 1.82) is 0 Å². The Morgan fingerprint density at radius 1 is 1.32 bits per heavy atom. The maximum Gasteiger partial charge on any atom is 0.271 e. The summed E-state index contributed by atoms with van der Waals surface area (Å²) in [4.78, 5) is 9.98. The lowest BCUT2D eigenvalue weighted by atomic mass is 9.93. The molecule has 0 heterocycles. The van der Waals surface area contributed by atoms with Crippen molar-refractivity contribution in [1.82, 2.24) is 4.72 Å². The molecule has 0 spiro atoms. The summed E-state index contributed by atoms with van der Waals surface area (Å²) < 4.78 is 32.6. The Hall–Kier alpha value is -1.71. The Balaban J connectivity index is 2.28. The zero-order chi connectivity index (χ0) is 16.3. The Kier molecular flexibility index (Phi) is 4.99. The van der Waals surface area contributed by atoms with Crippen LogP contribution in [0.15, 0.2) is 23.1 Å². The fourth-order valence-corrected chi connectivity index (χ4v) is 4.00. The molecule has 0 aromatic heterocycles. The minimum atomic E-state index is -3.90. The van der Waals surface area contributed by atoms with Crippen LogP contribution in [0.4, 0.5) is 5.69 Å². The first-order valence-electron chi connectivity index (χ1n) is 6.94. The molecule has 0 unspecified atom stereocenters. The van der Waals surface area contributed by atoms with Crippen LogP contribution in [0.5, 0.6) is 5.75 Å². The van der Waals surface area contributed by atoms with Gasteiger partial charge in [-0.15, -0.1) is 0 Å². The predicted octanol–water partition coefficient (Wildman–Crippen LogP) is 1.15. The summed E-state index contributed by atoms with van der Waals surface area (Å²) >= 11 is 0. The van der Waals surface area contributed by atoms with Crippen LogP contribution in [0, 0.1) is 10.1 Å². The van der Waals surface area contributed by atoms with Crippen molar-refractivity contribution in [2.75, 3.05) is 7.11 Å². The van der Waals surface area contributed by atoms with Gasteiger partial charge in [-0.05, 0) is 31.7 Å². The molecule has 122 valence electrons. The van der Waals surface area contributed by atoms with Gasteiger partial charge in [0.15, 0.2) is 0 Å². The average molecular weight is 329 g/mol. The Morgan fingerprint density at radius 3 is 2.50 bits per heavy atom. The van der Waals surface area contributed by atoms with E-state index in [4.69, 9.17) is 10.5 Å². The van der Waals surface area contributed by atoms with Crippen molar-refractivity contribution < 1.29 is 18.1 Å². The highest BCUT2D eigenvalue weighted by atomic mass is 32.2. The first kappa shape index (κ1) is 16.7. The van der Waals surface area contributed by atoms with E-state index in [1.165, 1.54) is 19.2 Å². The minimum absolute atomic E-state index is 0.0746. The number of methoxy groups -OCH3 is 1. The lowest BCUT2D eigenvalue weighted by Crippen LogP contribution is -2.40. The van der Waals surface area contributed by atoms with E-state index in [2.05, 4.69) is 4.72 Å². The van der Waals surface area contributed by atoms with E-state index >= 15 is 0 Å². The number of nitrogens with one attached hydrogen (secondary N) is 1. The maximum absolute atomic E-state index is 12.5. The number of nitrogens with two attached hydrogens (primary N) is 1. The van der Waals surface area contributed by atoms with Crippen LogP contribution >= 0.6 is 0 Å². The molecule has 2 rings (SSSR count). The molecular weight excluding hydrogens is 310 g/mol. The maximum atomic E-state index is 12.5. The monoisotopic (exact) mass is 329 g/mol. The lowest BCUT2D eigenvalue weighted by Gasteiger charge is -2.26. The third kappa shape index (κ3) is 3.73. The summed E-state index contributed by atoms with van der Waals surface area (Å²) in [5.74, 6) is 0.0746. The third-order valence-corrected chi connectivity index (χ3v) is 5.28. The summed E-state index contributed by atoms with van der Waals surface area (Å²) in [6.07, 6.45) is 2.80. The van der Waals surface area contributed by atoms with E-state index in [-0.39, 0.29) is 28.4 Å². The molecule has 0 radical (unpaired) electrons. The number of hydrogen-bond donors (Lipinski definition) is 2. The van der Waals surface area contributed by atoms with Gasteiger partial charge in [-0.25, -0.2) is 13.1 Å². The zero-order valence-electron chi connectivity index (χ0n) is 12.2. The number of nitro groups is 1. The highest BCUT2D eigenvalue weighted by Crippen LogP contribution is 2.29. The van der Waals surface area contributed by atoms with Crippen molar-refractivity contribution in [2.45, 2.75) is 42.7 Å².